The molecule has 0 radical (unpaired) electrons. The number of pyridine rings is 1. The van der Waals surface area contributed by atoms with Crippen LogP contribution in [0.25, 0.3) is 16.7 Å². The summed E-state index contributed by atoms with van der Waals surface area (Å²) in [7, 11) is 3.55. The Bertz CT molecular complexity index is 1660. The van der Waals surface area contributed by atoms with Crippen LogP contribution in [0.5, 0.6) is 11.5 Å². The molecule has 0 spiro atoms. The first-order valence-electron chi connectivity index (χ1n) is 11.8. The molecule has 4 aromatic heterocycles. The van der Waals surface area contributed by atoms with E-state index in [9.17, 15) is 13.2 Å². The minimum absolute atomic E-state index is 0.247. The summed E-state index contributed by atoms with van der Waals surface area (Å²) in [6, 6.07) is 4.05. The van der Waals surface area contributed by atoms with Gasteiger partial charge in [0.2, 0.25) is 5.95 Å². The molecule has 5 heterocycles. The van der Waals surface area contributed by atoms with E-state index in [1.165, 1.54) is 6.20 Å². The molecule has 13 heteroatoms. The standard InChI is InChI=1S/C25H22ClF3N8O/c1-35-8-3-4-17(35)15-6-5-14(10-16(15)25(27,28)29)33-24-34-23-22(36(24)2)21(26)20(12-31-23)38-19-13-32-37-9-7-30-11-18(19)37/h5-7,9-13,17H,3-4,8H2,1-2H3,(H,31,33,34)/t17-/m0/s1. The second kappa shape index (κ2) is 9.14. The number of aryl methyl sites for hydroxylation is 1. The maximum atomic E-state index is 14.0. The van der Waals surface area contributed by atoms with Crippen LogP contribution in [0.1, 0.15) is 30.0 Å². The fraction of sp³-hybridized carbons (Fsp3) is 0.280. The van der Waals surface area contributed by atoms with Crippen LogP contribution in [0.15, 0.2) is 49.2 Å². The average molecular weight is 543 g/mol. The number of nitrogens with one attached hydrogen (secondary N) is 1. The number of alkyl halides is 3. The summed E-state index contributed by atoms with van der Waals surface area (Å²) >= 11 is 6.67. The monoisotopic (exact) mass is 542 g/mol. The van der Waals surface area contributed by atoms with E-state index in [-0.39, 0.29) is 34.0 Å². The Morgan fingerprint density at radius 3 is 2.74 bits per heavy atom. The highest BCUT2D eigenvalue weighted by Crippen LogP contribution is 2.42. The van der Waals surface area contributed by atoms with Crippen molar-refractivity contribution in [3.63, 3.8) is 0 Å². The summed E-state index contributed by atoms with van der Waals surface area (Å²) in [5, 5.41) is 7.46. The Morgan fingerprint density at radius 1 is 1.13 bits per heavy atom. The van der Waals surface area contributed by atoms with Crippen LogP contribution < -0.4 is 10.1 Å². The van der Waals surface area contributed by atoms with Crippen LogP contribution in [0, 0.1) is 0 Å². The van der Waals surface area contributed by atoms with Crippen molar-refractivity contribution in [2.75, 3.05) is 18.9 Å². The van der Waals surface area contributed by atoms with Crippen molar-refractivity contribution >= 4 is 39.9 Å². The summed E-state index contributed by atoms with van der Waals surface area (Å²) in [4.78, 5) is 14.8. The van der Waals surface area contributed by atoms with Gasteiger partial charge in [-0.1, -0.05) is 17.7 Å². The number of halogens is 4. The number of aromatic nitrogens is 6. The second-order valence-corrected chi connectivity index (χ2v) is 9.56. The lowest BCUT2D eigenvalue weighted by Crippen LogP contribution is -2.21. The van der Waals surface area contributed by atoms with Gasteiger partial charge in [0, 0.05) is 31.2 Å². The Kier molecular flexibility index (Phi) is 5.88. The lowest BCUT2D eigenvalue weighted by Gasteiger charge is -2.24. The van der Waals surface area contributed by atoms with Crippen molar-refractivity contribution in [1.82, 2.24) is 34.0 Å². The van der Waals surface area contributed by atoms with Crippen LogP contribution in [-0.2, 0) is 13.2 Å². The van der Waals surface area contributed by atoms with E-state index in [0.29, 0.717) is 28.9 Å². The van der Waals surface area contributed by atoms with Gasteiger partial charge in [0.1, 0.15) is 16.1 Å². The van der Waals surface area contributed by atoms with Gasteiger partial charge in [-0.05, 0) is 44.1 Å². The largest absolute Gasteiger partial charge is 0.450 e. The van der Waals surface area contributed by atoms with Gasteiger partial charge in [-0.2, -0.15) is 23.3 Å². The molecule has 38 heavy (non-hydrogen) atoms. The first kappa shape index (κ1) is 24.4. The fourth-order valence-corrected chi connectivity index (χ4v) is 5.21. The molecule has 1 fully saturated rings. The van der Waals surface area contributed by atoms with E-state index < -0.39 is 11.7 Å². The van der Waals surface area contributed by atoms with E-state index in [1.807, 2.05) is 11.9 Å². The number of rotatable bonds is 5. The second-order valence-electron chi connectivity index (χ2n) is 9.18. The van der Waals surface area contributed by atoms with Crippen LogP contribution >= 0.6 is 11.6 Å². The molecule has 0 aliphatic carbocycles. The third-order valence-electron chi connectivity index (χ3n) is 6.81. The zero-order valence-electron chi connectivity index (χ0n) is 20.4. The minimum Gasteiger partial charge on any atom is -0.450 e. The number of hydrogen-bond donors (Lipinski definition) is 1. The summed E-state index contributed by atoms with van der Waals surface area (Å²) in [6.07, 6.45) is 4.95. The minimum atomic E-state index is -4.49. The number of likely N-dealkylation sites (tertiary alicyclic amines) is 1. The first-order valence-corrected chi connectivity index (χ1v) is 12.2. The van der Waals surface area contributed by atoms with Crippen LogP contribution in [0.4, 0.5) is 24.8 Å². The van der Waals surface area contributed by atoms with Gasteiger partial charge < -0.3 is 14.6 Å². The predicted molar refractivity (Wildman–Crippen MR) is 136 cm³/mol. The summed E-state index contributed by atoms with van der Waals surface area (Å²) < 4.78 is 51.3. The van der Waals surface area contributed by atoms with Crippen molar-refractivity contribution < 1.29 is 17.9 Å². The van der Waals surface area contributed by atoms with Gasteiger partial charge in [-0.25, -0.2) is 9.50 Å². The van der Waals surface area contributed by atoms with Gasteiger partial charge in [0.25, 0.3) is 0 Å². The Balaban J connectivity index is 1.33. The molecule has 1 aromatic carbocycles. The molecule has 9 nitrogen and oxygen atoms in total. The number of nitrogens with zero attached hydrogens (tertiary/aromatic N) is 7. The summed E-state index contributed by atoms with van der Waals surface area (Å²) in [6.45, 7) is 0.773. The smallest absolute Gasteiger partial charge is 0.416 e. The van der Waals surface area contributed by atoms with Crippen molar-refractivity contribution in [2.24, 2.45) is 7.05 Å². The molecule has 0 amide bonds. The fourth-order valence-electron chi connectivity index (χ4n) is 4.91. The average Bonchev–Trinajstić information content (AvgIpc) is 3.58. The molecule has 5 aromatic rings. The van der Waals surface area contributed by atoms with Crippen molar-refractivity contribution in [3.05, 3.63) is 65.3 Å². The third kappa shape index (κ3) is 4.19. The molecule has 0 saturated carbocycles. The molecule has 0 bridgehead atoms. The number of imidazole rings is 1. The van der Waals surface area contributed by atoms with E-state index in [1.54, 1.807) is 53.1 Å². The number of hydrogen-bond acceptors (Lipinski definition) is 7. The highest BCUT2D eigenvalue weighted by Gasteiger charge is 2.37. The number of anilines is 2. The van der Waals surface area contributed by atoms with Crippen LogP contribution in [-0.4, -0.2) is 47.6 Å². The Morgan fingerprint density at radius 2 is 1.97 bits per heavy atom. The normalized spacial score (nSPS) is 16.5. The predicted octanol–water partition coefficient (Wildman–Crippen LogP) is 5.99. The molecule has 1 aliphatic heterocycles. The Hall–Kier alpha value is -3.90. The van der Waals surface area contributed by atoms with Gasteiger partial charge in [0.05, 0.1) is 24.2 Å². The van der Waals surface area contributed by atoms with E-state index in [0.717, 1.165) is 19.0 Å². The van der Waals surface area contributed by atoms with Crippen molar-refractivity contribution in [3.8, 4) is 11.5 Å². The number of fused-ring (bicyclic) bond motifs is 2. The highest BCUT2D eigenvalue weighted by molar-refractivity contribution is 6.36. The molecule has 1 N–H and O–H groups in total. The molecule has 1 atom stereocenters. The molecular formula is C25H22ClF3N8O. The van der Waals surface area contributed by atoms with E-state index >= 15 is 0 Å². The van der Waals surface area contributed by atoms with Gasteiger partial charge in [0.15, 0.2) is 17.1 Å². The van der Waals surface area contributed by atoms with E-state index in [4.69, 9.17) is 16.3 Å². The molecular weight excluding hydrogens is 521 g/mol. The highest BCUT2D eigenvalue weighted by atomic mass is 35.5. The molecule has 196 valence electrons. The lowest BCUT2D eigenvalue weighted by atomic mass is 9.97. The lowest BCUT2D eigenvalue weighted by molar-refractivity contribution is -0.138. The van der Waals surface area contributed by atoms with Crippen LogP contribution in [0.2, 0.25) is 5.02 Å². The van der Waals surface area contributed by atoms with Crippen molar-refractivity contribution in [2.45, 2.75) is 25.1 Å². The molecule has 6 rings (SSSR count). The third-order valence-corrected chi connectivity index (χ3v) is 7.17. The zero-order valence-corrected chi connectivity index (χ0v) is 21.1. The summed E-state index contributed by atoms with van der Waals surface area (Å²) in [5.41, 5.74) is 1.29. The topological polar surface area (TPSA) is 85.4 Å². The molecule has 0 unspecified atom stereocenters. The maximum absolute atomic E-state index is 14.0. The van der Waals surface area contributed by atoms with Gasteiger partial charge in [-0.3, -0.25) is 9.88 Å². The van der Waals surface area contributed by atoms with Crippen molar-refractivity contribution in [1.29, 1.82) is 0 Å². The maximum Gasteiger partial charge on any atom is 0.416 e. The summed E-state index contributed by atoms with van der Waals surface area (Å²) in [5.74, 6) is 0.997. The zero-order chi connectivity index (χ0) is 26.6. The van der Waals surface area contributed by atoms with Gasteiger partial charge in [-0.15, -0.1) is 0 Å². The molecule has 1 aliphatic rings. The quantitative estimate of drug-likeness (QED) is 0.292. The number of ether oxygens (including phenoxy) is 1. The van der Waals surface area contributed by atoms with Gasteiger partial charge >= 0.3 is 6.18 Å². The number of benzene rings is 1. The first-order chi connectivity index (χ1) is 18.2. The Labute approximate surface area is 219 Å². The SMILES string of the molecule is CN1CCC[C@H]1c1ccc(Nc2nc3ncc(Oc4cnn5ccncc45)c(Cl)c3n2C)cc1C(F)(F)F. The molecule has 1 saturated heterocycles. The van der Waals surface area contributed by atoms with E-state index in [2.05, 4.69) is 25.4 Å². The van der Waals surface area contributed by atoms with Crippen LogP contribution in [0.3, 0.4) is 0 Å².